The Labute approximate surface area is 112 Å². The normalized spacial score (nSPS) is 21.4. The third kappa shape index (κ3) is 3.84. The van der Waals surface area contributed by atoms with Gasteiger partial charge in [0.15, 0.2) is 5.92 Å². The third-order valence-electron chi connectivity index (χ3n) is 3.18. The third-order valence-corrected chi connectivity index (χ3v) is 3.18. The number of amides is 1. The van der Waals surface area contributed by atoms with Crippen molar-refractivity contribution in [3.8, 4) is 0 Å². The molecule has 0 radical (unpaired) electrons. The molecule has 0 saturated carbocycles. The molecule has 1 aliphatic rings. The van der Waals surface area contributed by atoms with Crippen LogP contribution in [0.1, 0.15) is 25.7 Å². The fraction of sp³-hybridized carbons (Fsp3) is 0.727. The summed E-state index contributed by atoms with van der Waals surface area (Å²) in [4.78, 5) is 34.1. The van der Waals surface area contributed by atoms with Crippen molar-refractivity contribution >= 4 is 17.8 Å². The largest absolute Gasteiger partial charge is 0.481 e. The van der Waals surface area contributed by atoms with E-state index in [2.05, 4.69) is 0 Å². The molecule has 114 valence electrons. The average molecular weight is 297 g/mol. The second-order valence-corrected chi connectivity index (χ2v) is 4.57. The summed E-state index contributed by atoms with van der Waals surface area (Å²) in [6.07, 6.45) is -5.12. The zero-order valence-corrected chi connectivity index (χ0v) is 10.4. The van der Waals surface area contributed by atoms with Gasteiger partial charge in [-0.25, -0.2) is 4.79 Å². The minimum atomic E-state index is -5.05. The van der Waals surface area contributed by atoms with Crippen LogP contribution in [-0.2, 0) is 14.4 Å². The van der Waals surface area contributed by atoms with E-state index in [1.807, 2.05) is 0 Å². The van der Waals surface area contributed by atoms with Gasteiger partial charge < -0.3 is 15.1 Å². The van der Waals surface area contributed by atoms with Crippen LogP contribution >= 0.6 is 0 Å². The van der Waals surface area contributed by atoms with Crippen molar-refractivity contribution in [1.82, 2.24) is 4.90 Å². The minimum Gasteiger partial charge on any atom is -0.481 e. The van der Waals surface area contributed by atoms with E-state index in [4.69, 9.17) is 10.2 Å². The predicted octanol–water partition coefficient (Wildman–Crippen LogP) is 1.11. The second kappa shape index (κ2) is 6.10. The standard InChI is InChI=1S/C11H14F3NO5/c12-11(13,14)6(9(17)18)5-8(16)15-4-2-1-3-7(15)10(19)20/h6-7H,1-5H2,(H,17,18)(H,19,20). The summed E-state index contributed by atoms with van der Waals surface area (Å²) in [6, 6.07) is -1.18. The van der Waals surface area contributed by atoms with E-state index in [0.717, 1.165) is 4.90 Å². The maximum atomic E-state index is 12.5. The Balaban J connectivity index is 2.82. The van der Waals surface area contributed by atoms with Gasteiger partial charge in [0, 0.05) is 13.0 Å². The molecule has 20 heavy (non-hydrogen) atoms. The first-order chi connectivity index (χ1) is 9.14. The first-order valence-electron chi connectivity index (χ1n) is 5.96. The van der Waals surface area contributed by atoms with E-state index >= 15 is 0 Å². The highest BCUT2D eigenvalue weighted by Gasteiger charge is 2.47. The topological polar surface area (TPSA) is 94.9 Å². The lowest BCUT2D eigenvalue weighted by Crippen LogP contribution is -2.49. The first-order valence-corrected chi connectivity index (χ1v) is 5.96. The van der Waals surface area contributed by atoms with Gasteiger partial charge in [-0.05, 0) is 19.3 Å². The van der Waals surface area contributed by atoms with Gasteiger partial charge in [0.1, 0.15) is 6.04 Å². The van der Waals surface area contributed by atoms with Gasteiger partial charge in [-0.1, -0.05) is 0 Å². The van der Waals surface area contributed by atoms with Crippen LogP contribution in [0.4, 0.5) is 13.2 Å². The minimum absolute atomic E-state index is 0.0278. The Morgan fingerprint density at radius 3 is 2.25 bits per heavy atom. The lowest BCUT2D eigenvalue weighted by Gasteiger charge is -2.33. The quantitative estimate of drug-likeness (QED) is 0.810. The van der Waals surface area contributed by atoms with Crippen LogP contribution in [0.3, 0.4) is 0 Å². The fourth-order valence-electron chi connectivity index (χ4n) is 2.12. The van der Waals surface area contributed by atoms with Gasteiger partial charge in [-0.2, -0.15) is 13.2 Å². The van der Waals surface area contributed by atoms with Crippen molar-refractivity contribution in [2.45, 2.75) is 37.9 Å². The number of carboxylic acids is 2. The molecule has 1 fully saturated rings. The van der Waals surface area contributed by atoms with E-state index in [9.17, 15) is 27.6 Å². The summed E-state index contributed by atoms with van der Waals surface area (Å²) in [5.74, 6) is -7.35. The number of likely N-dealkylation sites (tertiary alicyclic amines) is 1. The molecule has 0 aromatic carbocycles. The Hall–Kier alpha value is -1.80. The number of halogens is 3. The molecule has 2 atom stereocenters. The molecular weight excluding hydrogens is 283 g/mol. The maximum absolute atomic E-state index is 12.5. The molecular formula is C11H14F3NO5. The van der Waals surface area contributed by atoms with Crippen molar-refractivity contribution < 1.29 is 37.8 Å². The average Bonchev–Trinajstić information content (AvgIpc) is 2.33. The van der Waals surface area contributed by atoms with Crippen LogP contribution in [0.2, 0.25) is 0 Å². The molecule has 0 aromatic rings. The Morgan fingerprint density at radius 1 is 1.20 bits per heavy atom. The summed E-state index contributed by atoms with van der Waals surface area (Å²) in [5.41, 5.74) is 0. The smallest absolute Gasteiger partial charge is 0.402 e. The maximum Gasteiger partial charge on any atom is 0.402 e. The van der Waals surface area contributed by atoms with Crippen LogP contribution in [0, 0.1) is 5.92 Å². The van der Waals surface area contributed by atoms with Crippen LogP contribution < -0.4 is 0 Å². The van der Waals surface area contributed by atoms with Gasteiger partial charge in [-0.3, -0.25) is 9.59 Å². The molecule has 0 spiro atoms. The number of aliphatic carboxylic acids is 2. The number of rotatable bonds is 4. The molecule has 1 amide bonds. The van der Waals surface area contributed by atoms with Gasteiger partial charge >= 0.3 is 18.1 Å². The lowest BCUT2D eigenvalue weighted by atomic mass is 9.99. The molecule has 9 heteroatoms. The fourth-order valence-corrected chi connectivity index (χ4v) is 2.12. The van der Waals surface area contributed by atoms with Crippen molar-refractivity contribution in [3.63, 3.8) is 0 Å². The highest BCUT2D eigenvalue weighted by molar-refractivity contribution is 5.86. The van der Waals surface area contributed by atoms with E-state index < -0.39 is 42.4 Å². The summed E-state index contributed by atoms with van der Waals surface area (Å²) in [7, 11) is 0. The lowest BCUT2D eigenvalue weighted by molar-refractivity contribution is -0.197. The van der Waals surface area contributed by atoms with Gasteiger partial charge in [0.2, 0.25) is 5.91 Å². The molecule has 1 aliphatic heterocycles. The van der Waals surface area contributed by atoms with Gasteiger partial charge in [-0.15, -0.1) is 0 Å². The van der Waals surface area contributed by atoms with Crippen LogP contribution in [-0.4, -0.2) is 51.7 Å². The van der Waals surface area contributed by atoms with Gasteiger partial charge in [0.25, 0.3) is 0 Å². The number of piperidine rings is 1. The van der Waals surface area contributed by atoms with Crippen molar-refractivity contribution in [2.24, 2.45) is 5.92 Å². The van der Waals surface area contributed by atoms with Crippen molar-refractivity contribution in [1.29, 1.82) is 0 Å². The van der Waals surface area contributed by atoms with Crippen LogP contribution in [0.5, 0.6) is 0 Å². The summed E-state index contributed by atoms with van der Waals surface area (Å²) >= 11 is 0. The second-order valence-electron chi connectivity index (χ2n) is 4.57. The zero-order valence-electron chi connectivity index (χ0n) is 10.4. The highest BCUT2D eigenvalue weighted by atomic mass is 19.4. The molecule has 1 heterocycles. The van der Waals surface area contributed by atoms with E-state index in [-0.39, 0.29) is 13.0 Å². The molecule has 1 saturated heterocycles. The number of carbonyl (C=O) groups excluding carboxylic acids is 1. The van der Waals surface area contributed by atoms with Crippen molar-refractivity contribution in [3.05, 3.63) is 0 Å². The predicted molar refractivity (Wildman–Crippen MR) is 58.8 cm³/mol. The van der Waals surface area contributed by atoms with E-state index in [1.54, 1.807) is 0 Å². The Bertz CT molecular complexity index is 409. The molecule has 2 N–H and O–H groups in total. The molecule has 6 nitrogen and oxygen atoms in total. The van der Waals surface area contributed by atoms with Gasteiger partial charge in [0.05, 0.1) is 0 Å². The number of alkyl halides is 3. The summed E-state index contributed by atoms with van der Waals surface area (Å²) in [6.45, 7) is 0.0278. The SMILES string of the molecule is O=C(O)C1CCCCN1C(=O)CC(C(=O)O)C(F)(F)F. The molecule has 0 aromatic heterocycles. The Kier molecular flexibility index (Phi) is 4.96. The summed E-state index contributed by atoms with van der Waals surface area (Å²) in [5, 5.41) is 17.5. The monoisotopic (exact) mass is 297 g/mol. The number of carbonyl (C=O) groups is 3. The number of hydrogen-bond donors (Lipinski definition) is 2. The highest BCUT2D eigenvalue weighted by Crippen LogP contribution is 2.30. The Morgan fingerprint density at radius 2 is 1.80 bits per heavy atom. The molecule has 2 unspecified atom stereocenters. The summed E-state index contributed by atoms with van der Waals surface area (Å²) < 4.78 is 37.5. The molecule has 0 bridgehead atoms. The number of nitrogens with zero attached hydrogens (tertiary/aromatic N) is 1. The van der Waals surface area contributed by atoms with E-state index in [1.165, 1.54) is 0 Å². The van der Waals surface area contributed by atoms with Crippen LogP contribution in [0.25, 0.3) is 0 Å². The number of carboxylic acid groups (broad SMARTS) is 2. The zero-order chi connectivity index (χ0) is 15.5. The van der Waals surface area contributed by atoms with Crippen LogP contribution in [0.15, 0.2) is 0 Å². The molecule has 0 aliphatic carbocycles. The number of hydrogen-bond acceptors (Lipinski definition) is 3. The first kappa shape index (κ1) is 16.3. The van der Waals surface area contributed by atoms with E-state index in [0.29, 0.717) is 12.8 Å². The van der Waals surface area contributed by atoms with Crippen molar-refractivity contribution in [2.75, 3.05) is 6.54 Å². The molecule has 1 rings (SSSR count).